The van der Waals surface area contributed by atoms with Crippen LogP contribution in [0.5, 0.6) is 0 Å². The lowest BCUT2D eigenvalue weighted by Crippen LogP contribution is -2.04. The van der Waals surface area contributed by atoms with Crippen molar-refractivity contribution in [2.75, 3.05) is 0 Å². The summed E-state index contributed by atoms with van der Waals surface area (Å²) >= 11 is 0. The summed E-state index contributed by atoms with van der Waals surface area (Å²) in [4.78, 5) is 10.7. The average Bonchev–Trinajstić information content (AvgIpc) is 2.54. The minimum absolute atomic E-state index is 0.267. The summed E-state index contributed by atoms with van der Waals surface area (Å²) in [5.41, 5.74) is 0.132. The quantitative estimate of drug-likeness (QED) is 0.686. The van der Waals surface area contributed by atoms with Gasteiger partial charge in [0.15, 0.2) is 6.29 Å². The number of hydrogen-bond donors (Lipinski definition) is 0. The normalized spacial score (nSPS) is 12.0. The first-order valence-corrected chi connectivity index (χ1v) is 4.55. The highest BCUT2D eigenvalue weighted by molar-refractivity contribution is 5.97. The predicted molar refractivity (Wildman–Crippen MR) is 53.3 cm³/mol. The van der Waals surface area contributed by atoms with Crippen LogP contribution in [0.15, 0.2) is 24.4 Å². The molecular weight excluding hydrogens is 219 g/mol. The Labute approximate surface area is 89.3 Å². The summed E-state index contributed by atoms with van der Waals surface area (Å²) < 4.78 is 39.0. The molecule has 0 saturated carbocycles. The smallest absolute Gasteiger partial charge is 0.350 e. The molecule has 2 nitrogen and oxygen atoms in total. The van der Waals surface area contributed by atoms with Gasteiger partial charge in [0.2, 0.25) is 0 Å². The molecule has 16 heavy (non-hydrogen) atoms. The van der Waals surface area contributed by atoms with Crippen molar-refractivity contribution < 1.29 is 18.0 Å². The Bertz CT molecular complexity index is 554. The maximum atomic E-state index is 12.5. The molecule has 1 aromatic carbocycles. The number of carbonyl (C=O) groups is 1. The first-order valence-electron chi connectivity index (χ1n) is 4.55. The molecule has 1 heterocycles. The van der Waals surface area contributed by atoms with Crippen molar-refractivity contribution >= 4 is 17.2 Å². The van der Waals surface area contributed by atoms with Crippen LogP contribution in [0.2, 0.25) is 0 Å². The lowest BCUT2D eigenvalue weighted by molar-refractivity contribution is -0.137. The molecule has 5 heteroatoms. The Kier molecular flexibility index (Phi) is 2.26. The third kappa shape index (κ3) is 1.58. The van der Waals surface area contributed by atoms with Gasteiger partial charge in [-0.05, 0) is 18.2 Å². The predicted octanol–water partition coefficient (Wildman–Crippen LogP) is 3.01. The Morgan fingerprint density at radius 1 is 1.31 bits per heavy atom. The van der Waals surface area contributed by atoms with Crippen LogP contribution in [0.3, 0.4) is 0 Å². The van der Waals surface area contributed by atoms with Crippen LogP contribution < -0.4 is 0 Å². The van der Waals surface area contributed by atoms with E-state index in [1.807, 2.05) is 0 Å². The van der Waals surface area contributed by atoms with Crippen molar-refractivity contribution in [2.24, 2.45) is 7.05 Å². The first-order chi connectivity index (χ1) is 7.43. The van der Waals surface area contributed by atoms with Gasteiger partial charge in [-0.15, -0.1) is 0 Å². The second kappa shape index (κ2) is 3.37. The molecule has 0 bridgehead atoms. The molecule has 0 unspecified atom stereocenters. The third-order valence-corrected chi connectivity index (χ3v) is 2.47. The number of aryl methyl sites for hydroxylation is 1. The third-order valence-electron chi connectivity index (χ3n) is 2.47. The topological polar surface area (TPSA) is 22.0 Å². The zero-order valence-electron chi connectivity index (χ0n) is 8.38. The van der Waals surface area contributed by atoms with E-state index in [1.165, 1.54) is 12.3 Å². The summed E-state index contributed by atoms with van der Waals surface area (Å²) in [5, 5.41) is 0.326. The van der Waals surface area contributed by atoms with Crippen LogP contribution >= 0.6 is 0 Å². The highest BCUT2D eigenvalue weighted by atomic mass is 19.4. The maximum absolute atomic E-state index is 12.5. The Morgan fingerprint density at radius 2 is 2.00 bits per heavy atom. The number of fused-ring (bicyclic) bond motifs is 1. The van der Waals surface area contributed by atoms with Gasteiger partial charge in [-0.1, -0.05) is 0 Å². The molecule has 1 aromatic heterocycles. The maximum Gasteiger partial charge on any atom is 0.416 e. The van der Waals surface area contributed by atoms with Crippen LogP contribution in [-0.2, 0) is 13.2 Å². The van der Waals surface area contributed by atoms with E-state index in [-0.39, 0.29) is 5.56 Å². The number of carbonyl (C=O) groups excluding carboxylic acids is 1. The van der Waals surface area contributed by atoms with E-state index < -0.39 is 11.7 Å². The fraction of sp³-hybridized carbons (Fsp3) is 0.182. The SMILES string of the molecule is Cn1cc(C=O)c2cc(C(F)(F)F)ccc21. The summed E-state index contributed by atoms with van der Waals surface area (Å²) in [7, 11) is 1.68. The van der Waals surface area contributed by atoms with Gasteiger partial charge in [-0.25, -0.2) is 0 Å². The van der Waals surface area contributed by atoms with Crippen molar-refractivity contribution in [1.82, 2.24) is 4.57 Å². The number of alkyl halides is 3. The zero-order chi connectivity index (χ0) is 11.9. The van der Waals surface area contributed by atoms with Crippen LogP contribution in [0, 0.1) is 0 Å². The largest absolute Gasteiger partial charge is 0.416 e. The van der Waals surface area contributed by atoms with Crippen molar-refractivity contribution in [3.8, 4) is 0 Å². The minimum Gasteiger partial charge on any atom is -0.350 e. The summed E-state index contributed by atoms with van der Waals surface area (Å²) in [5.74, 6) is 0. The fourth-order valence-electron chi connectivity index (χ4n) is 1.69. The molecule has 0 N–H and O–H groups in total. The molecule has 0 aliphatic carbocycles. The number of benzene rings is 1. The van der Waals surface area contributed by atoms with Crippen molar-refractivity contribution in [3.05, 3.63) is 35.5 Å². The summed E-state index contributed by atoms with van der Waals surface area (Å²) in [6.45, 7) is 0. The van der Waals surface area contributed by atoms with Crippen LogP contribution in [0.1, 0.15) is 15.9 Å². The van der Waals surface area contributed by atoms with Crippen molar-refractivity contribution in [3.63, 3.8) is 0 Å². The van der Waals surface area contributed by atoms with Gasteiger partial charge >= 0.3 is 6.18 Å². The zero-order valence-corrected chi connectivity index (χ0v) is 8.38. The molecule has 0 amide bonds. The van der Waals surface area contributed by atoms with Gasteiger partial charge in [0.1, 0.15) is 0 Å². The molecule has 0 aliphatic heterocycles. The van der Waals surface area contributed by atoms with Crippen LogP contribution in [0.4, 0.5) is 13.2 Å². The van der Waals surface area contributed by atoms with Crippen LogP contribution in [-0.4, -0.2) is 10.9 Å². The first kappa shape index (κ1) is 10.7. The Hall–Kier alpha value is -1.78. The van der Waals surface area contributed by atoms with E-state index in [2.05, 4.69) is 0 Å². The Morgan fingerprint density at radius 3 is 2.56 bits per heavy atom. The molecule has 84 valence electrons. The van der Waals surface area contributed by atoms with Crippen LogP contribution in [0.25, 0.3) is 10.9 Å². The molecule has 0 radical (unpaired) electrons. The molecule has 0 aliphatic rings. The minimum atomic E-state index is -4.38. The van der Waals surface area contributed by atoms with E-state index >= 15 is 0 Å². The lowest BCUT2D eigenvalue weighted by Gasteiger charge is -2.06. The highest BCUT2D eigenvalue weighted by Crippen LogP contribution is 2.32. The fourth-order valence-corrected chi connectivity index (χ4v) is 1.69. The number of aromatic nitrogens is 1. The van der Waals surface area contributed by atoms with E-state index in [9.17, 15) is 18.0 Å². The molecule has 2 aromatic rings. The van der Waals surface area contributed by atoms with E-state index in [0.717, 1.165) is 12.1 Å². The molecule has 0 fully saturated rings. The van der Waals surface area contributed by atoms with Gasteiger partial charge < -0.3 is 4.57 Å². The number of rotatable bonds is 1. The molecule has 2 rings (SSSR count). The molecule has 0 atom stereocenters. The number of hydrogen-bond acceptors (Lipinski definition) is 1. The Balaban J connectivity index is 2.74. The number of aldehydes is 1. The van der Waals surface area contributed by atoms with E-state index in [0.29, 0.717) is 17.2 Å². The van der Waals surface area contributed by atoms with Gasteiger partial charge in [0.05, 0.1) is 5.56 Å². The second-order valence-corrected chi connectivity index (χ2v) is 3.54. The van der Waals surface area contributed by atoms with Crippen molar-refractivity contribution in [1.29, 1.82) is 0 Å². The molecule has 0 spiro atoms. The van der Waals surface area contributed by atoms with E-state index in [4.69, 9.17) is 0 Å². The monoisotopic (exact) mass is 227 g/mol. The van der Waals surface area contributed by atoms with Gasteiger partial charge in [-0.3, -0.25) is 4.79 Å². The summed E-state index contributed by atoms with van der Waals surface area (Å²) in [6.07, 6.45) is -2.31. The average molecular weight is 227 g/mol. The second-order valence-electron chi connectivity index (χ2n) is 3.54. The number of nitrogens with zero attached hydrogens (tertiary/aromatic N) is 1. The number of halogens is 3. The highest BCUT2D eigenvalue weighted by Gasteiger charge is 2.30. The molecule has 0 saturated heterocycles. The molecular formula is C11H8F3NO. The lowest BCUT2D eigenvalue weighted by atomic mass is 10.1. The van der Waals surface area contributed by atoms with E-state index in [1.54, 1.807) is 11.6 Å². The standard InChI is InChI=1S/C11H8F3NO/c1-15-5-7(6-16)9-4-8(11(12,13)14)2-3-10(9)15/h2-6H,1H3. The van der Waals surface area contributed by atoms with Crippen molar-refractivity contribution in [2.45, 2.75) is 6.18 Å². The summed E-state index contributed by atoms with van der Waals surface area (Å²) in [6, 6.07) is 3.38. The van der Waals surface area contributed by atoms with Gasteiger partial charge in [-0.2, -0.15) is 13.2 Å². The van der Waals surface area contributed by atoms with Gasteiger partial charge in [0.25, 0.3) is 0 Å². The van der Waals surface area contributed by atoms with Gasteiger partial charge in [0, 0.05) is 29.7 Å².